The fraction of sp³-hybridized carbons (Fsp3) is 0.700. The predicted molar refractivity (Wildman–Crippen MR) is 62.9 cm³/mol. The SMILES string of the molecule is C=C(Br)CNC(=O)NCCC1(O)CCC1. The maximum absolute atomic E-state index is 11.2. The van der Waals surface area contributed by atoms with E-state index in [0.29, 0.717) is 19.5 Å². The van der Waals surface area contributed by atoms with Crippen LogP contribution in [0.1, 0.15) is 25.7 Å². The molecule has 1 fully saturated rings. The van der Waals surface area contributed by atoms with E-state index in [-0.39, 0.29) is 6.03 Å². The van der Waals surface area contributed by atoms with Crippen LogP contribution >= 0.6 is 15.9 Å². The molecule has 3 N–H and O–H groups in total. The first-order chi connectivity index (χ1) is 7.02. The molecule has 0 radical (unpaired) electrons. The van der Waals surface area contributed by atoms with Crippen LogP contribution in [0, 0.1) is 0 Å². The smallest absolute Gasteiger partial charge is 0.315 e. The average Bonchev–Trinajstić information content (AvgIpc) is 2.12. The van der Waals surface area contributed by atoms with E-state index in [1.54, 1.807) is 0 Å². The number of carbonyl (C=O) groups excluding carboxylic acids is 1. The standard InChI is InChI=1S/C10H17BrN2O2/c1-8(11)7-13-9(14)12-6-5-10(15)3-2-4-10/h15H,1-7H2,(H2,12,13,14). The van der Waals surface area contributed by atoms with Crippen molar-refractivity contribution in [2.24, 2.45) is 0 Å². The summed E-state index contributed by atoms with van der Waals surface area (Å²) in [6, 6.07) is -0.224. The van der Waals surface area contributed by atoms with Crippen molar-refractivity contribution in [2.45, 2.75) is 31.3 Å². The van der Waals surface area contributed by atoms with E-state index in [2.05, 4.69) is 33.1 Å². The predicted octanol–water partition coefficient (Wildman–Crippen LogP) is 1.50. The maximum Gasteiger partial charge on any atom is 0.315 e. The first kappa shape index (κ1) is 12.5. The van der Waals surface area contributed by atoms with Gasteiger partial charge in [-0.2, -0.15) is 0 Å². The van der Waals surface area contributed by atoms with Crippen LogP contribution in [0.15, 0.2) is 11.1 Å². The van der Waals surface area contributed by atoms with E-state index in [1.807, 2.05) is 0 Å². The molecule has 5 heteroatoms. The normalized spacial score (nSPS) is 17.7. The zero-order chi connectivity index (χ0) is 11.3. The minimum atomic E-state index is -0.522. The highest BCUT2D eigenvalue weighted by Crippen LogP contribution is 2.33. The van der Waals surface area contributed by atoms with Gasteiger partial charge in [-0.3, -0.25) is 0 Å². The van der Waals surface area contributed by atoms with Gasteiger partial charge in [0.1, 0.15) is 0 Å². The fourth-order valence-electron chi connectivity index (χ4n) is 1.48. The van der Waals surface area contributed by atoms with Crippen molar-refractivity contribution < 1.29 is 9.90 Å². The lowest BCUT2D eigenvalue weighted by Gasteiger charge is -2.36. The van der Waals surface area contributed by atoms with Crippen molar-refractivity contribution >= 4 is 22.0 Å². The van der Waals surface area contributed by atoms with Crippen LogP contribution in [0.4, 0.5) is 4.79 Å². The Balaban J connectivity index is 2.04. The molecule has 0 aromatic carbocycles. The van der Waals surface area contributed by atoms with Crippen molar-refractivity contribution in [3.8, 4) is 0 Å². The van der Waals surface area contributed by atoms with Crippen molar-refractivity contribution in [3.63, 3.8) is 0 Å². The van der Waals surface area contributed by atoms with Gasteiger partial charge in [-0.05, 0) is 25.7 Å². The maximum atomic E-state index is 11.2. The summed E-state index contributed by atoms with van der Waals surface area (Å²) in [6.45, 7) is 4.53. The number of halogens is 1. The van der Waals surface area contributed by atoms with Crippen LogP contribution in [0.2, 0.25) is 0 Å². The van der Waals surface area contributed by atoms with Gasteiger partial charge >= 0.3 is 6.03 Å². The van der Waals surface area contributed by atoms with Crippen molar-refractivity contribution in [3.05, 3.63) is 11.1 Å². The second-order valence-corrected chi connectivity index (χ2v) is 5.08. The van der Waals surface area contributed by atoms with Crippen LogP contribution in [-0.4, -0.2) is 29.8 Å². The Morgan fingerprint density at radius 1 is 1.47 bits per heavy atom. The van der Waals surface area contributed by atoms with E-state index in [9.17, 15) is 9.90 Å². The summed E-state index contributed by atoms with van der Waals surface area (Å²) in [5.41, 5.74) is -0.522. The summed E-state index contributed by atoms with van der Waals surface area (Å²) in [5, 5.41) is 15.1. The topological polar surface area (TPSA) is 61.4 Å². The largest absolute Gasteiger partial charge is 0.390 e. The van der Waals surface area contributed by atoms with Crippen LogP contribution in [-0.2, 0) is 0 Å². The van der Waals surface area contributed by atoms with Gasteiger partial charge in [0, 0.05) is 11.0 Å². The molecule has 1 saturated carbocycles. The lowest BCUT2D eigenvalue weighted by molar-refractivity contribution is -0.0388. The molecular formula is C10H17BrN2O2. The molecule has 0 atom stereocenters. The first-order valence-electron chi connectivity index (χ1n) is 5.09. The van der Waals surface area contributed by atoms with Gasteiger partial charge in [-0.25, -0.2) is 4.79 Å². The lowest BCUT2D eigenvalue weighted by Crippen LogP contribution is -2.43. The molecule has 0 unspecified atom stereocenters. The monoisotopic (exact) mass is 276 g/mol. The molecule has 1 rings (SSSR count). The number of carbonyl (C=O) groups is 1. The molecule has 1 aliphatic carbocycles. The van der Waals surface area contributed by atoms with Crippen LogP contribution in [0.5, 0.6) is 0 Å². The Bertz CT molecular complexity index is 252. The van der Waals surface area contributed by atoms with E-state index < -0.39 is 5.60 Å². The van der Waals surface area contributed by atoms with E-state index in [0.717, 1.165) is 23.7 Å². The Morgan fingerprint density at radius 2 is 2.13 bits per heavy atom. The number of nitrogens with one attached hydrogen (secondary N) is 2. The van der Waals surface area contributed by atoms with Crippen molar-refractivity contribution in [1.82, 2.24) is 10.6 Å². The van der Waals surface area contributed by atoms with Crippen molar-refractivity contribution in [1.29, 1.82) is 0 Å². The molecule has 0 bridgehead atoms. The Kier molecular flexibility index (Phi) is 4.60. The zero-order valence-electron chi connectivity index (χ0n) is 8.68. The number of rotatable bonds is 5. The number of hydrogen-bond donors (Lipinski definition) is 3. The summed E-state index contributed by atoms with van der Waals surface area (Å²) in [6.07, 6.45) is 3.44. The summed E-state index contributed by atoms with van der Waals surface area (Å²) >= 11 is 3.15. The Labute approximate surface area is 98.3 Å². The highest BCUT2D eigenvalue weighted by Gasteiger charge is 2.33. The molecule has 0 saturated heterocycles. The first-order valence-corrected chi connectivity index (χ1v) is 5.88. The summed E-state index contributed by atoms with van der Waals surface area (Å²) in [7, 11) is 0. The molecule has 0 aliphatic heterocycles. The highest BCUT2D eigenvalue weighted by atomic mass is 79.9. The fourth-order valence-corrected chi connectivity index (χ4v) is 1.62. The van der Waals surface area contributed by atoms with Crippen LogP contribution < -0.4 is 10.6 Å². The van der Waals surface area contributed by atoms with E-state index >= 15 is 0 Å². The number of aliphatic hydroxyl groups is 1. The van der Waals surface area contributed by atoms with Gasteiger partial charge in [-0.1, -0.05) is 22.5 Å². The molecule has 86 valence electrons. The molecule has 4 nitrogen and oxygen atoms in total. The van der Waals surface area contributed by atoms with Gasteiger partial charge in [0.25, 0.3) is 0 Å². The molecule has 0 heterocycles. The number of urea groups is 1. The quantitative estimate of drug-likeness (QED) is 0.713. The second-order valence-electron chi connectivity index (χ2n) is 3.95. The highest BCUT2D eigenvalue weighted by molar-refractivity contribution is 9.11. The Morgan fingerprint density at radius 3 is 2.60 bits per heavy atom. The number of hydrogen-bond acceptors (Lipinski definition) is 2. The van der Waals surface area contributed by atoms with Crippen LogP contribution in [0.3, 0.4) is 0 Å². The molecule has 0 aromatic rings. The molecule has 15 heavy (non-hydrogen) atoms. The Hall–Kier alpha value is -0.550. The summed E-state index contributed by atoms with van der Waals surface area (Å²) < 4.78 is 0.732. The second kappa shape index (κ2) is 5.51. The van der Waals surface area contributed by atoms with Crippen molar-refractivity contribution in [2.75, 3.05) is 13.1 Å². The molecule has 0 aromatic heterocycles. The van der Waals surface area contributed by atoms with Gasteiger partial charge < -0.3 is 15.7 Å². The molecule has 1 aliphatic rings. The number of amides is 2. The van der Waals surface area contributed by atoms with Gasteiger partial charge in [-0.15, -0.1) is 0 Å². The van der Waals surface area contributed by atoms with E-state index in [4.69, 9.17) is 0 Å². The van der Waals surface area contributed by atoms with Gasteiger partial charge in [0.05, 0.1) is 12.1 Å². The molecule has 2 amide bonds. The van der Waals surface area contributed by atoms with Crippen LogP contribution in [0.25, 0.3) is 0 Å². The third-order valence-electron chi connectivity index (χ3n) is 2.60. The minimum Gasteiger partial charge on any atom is -0.390 e. The minimum absolute atomic E-state index is 0.224. The molecular weight excluding hydrogens is 260 g/mol. The lowest BCUT2D eigenvalue weighted by atomic mass is 9.78. The van der Waals surface area contributed by atoms with Gasteiger partial charge in [0.2, 0.25) is 0 Å². The summed E-state index contributed by atoms with van der Waals surface area (Å²) in [5.74, 6) is 0. The zero-order valence-corrected chi connectivity index (χ0v) is 10.3. The third kappa shape index (κ3) is 4.66. The third-order valence-corrected chi connectivity index (χ3v) is 2.88. The van der Waals surface area contributed by atoms with Gasteiger partial charge in [0.15, 0.2) is 0 Å². The van der Waals surface area contributed by atoms with E-state index in [1.165, 1.54) is 0 Å². The summed E-state index contributed by atoms with van der Waals surface area (Å²) in [4.78, 5) is 11.2. The molecule has 0 spiro atoms. The average molecular weight is 277 g/mol.